The summed E-state index contributed by atoms with van der Waals surface area (Å²) in [6.07, 6.45) is 0. The average molecular weight is 216 g/mol. The third-order valence-electron chi connectivity index (χ3n) is 1.48. The predicted molar refractivity (Wildman–Crippen MR) is 49.1 cm³/mol. The fourth-order valence-corrected chi connectivity index (χ4v) is 2.20. The van der Waals surface area contributed by atoms with Crippen LogP contribution >= 0.6 is 27.9 Å². The molecule has 0 aliphatic carbocycles. The second-order valence-electron chi connectivity index (χ2n) is 2.19. The van der Waals surface area contributed by atoms with Gasteiger partial charge in [-0.2, -0.15) is 0 Å². The number of halogens is 1. The molecule has 10 heavy (non-hydrogen) atoms. The predicted octanol–water partition coefficient (Wildman–Crippen LogP) is 3.02. The molecule has 52 valence electrons. The third-order valence-corrected chi connectivity index (χ3v) is 2.79. The van der Waals surface area contributed by atoms with Crippen LogP contribution in [0.5, 0.6) is 0 Å². The van der Waals surface area contributed by atoms with Crippen LogP contribution < -0.4 is 4.72 Å². The van der Waals surface area contributed by atoms with E-state index in [1.54, 1.807) is 11.9 Å². The van der Waals surface area contributed by atoms with Gasteiger partial charge in [-0.1, -0.05) is 15.9 Å². The molecule has 0 aromatic heterocycles. The topological polar surface area (TPSA) is 12.0 Å². The van der Waals surface area contributed by atoms with Crippen molar-refractivity contribution in [3.8, 4) is 0 Å². The number of nitrogens with one attached hydrogen (secondary N) is 1. The Morgan fingerprint density at radius 3 is 3.30 bits per heavy atom. The summed E-state index contributed by atoms with van der Waals surface area (Å²) in [4.78, 5) is 0. The van der Waals surface area contributed by atoms with Gasteiger partial charge >= 0.3 is 0 Å². The quantitative estimate of drug-likeness (QED) is 0.669. The van der Waals surface area contributed by atoms with Gasteiger partial charge in [0.15, 0.2) is 0 Å². The van der Waals surface area contributed by atoms with Gasteiger partial charge in [-0.25, -0.2) is 0 Å². The first-order valence-electron chi connectivity index (χ1n) is 3.02. The van der Waals surface area contributed by atoms with Crippen molar-refractivity contribution >= 4 is 33.6 Å². The summed E-state index contributed by atoms with van der Waals surface area (Å²) in [6, 6.07) is 6.31. The van der Waals surface area contributed by atoms with E-state index < -0.39 is 0 Å². The highest BCUT2D eigenvalue weighted by Gasteiger charge is 2.09. The maximum absolute atomic E-state index is 3.43. The van der Waals surface area contributed by atoms with E-state index in [0.717, 1.165) is 10.2 Å². The van der Waals surface area contributed by atoms with Gasteiger partial charge in [0, 0.05) is 15.9 Å². The second kappa shape index (κ2) is 2.47. The van der Waals surface area contributed by atoms with Crippen LogP contribution in [-0.4, -0.2) is 0 Å². The van der Waals surface area contributed by atoms with Crippen molar-refractivity contribution in [2.45, 2.75) is 5.75 Å². The first kappa shape index (κ1) is 6.55. The molecule has 1 aliphatic rings. The van der Waals surface area contributed by atoms with E-state index in [1.165, 1.54) is 11.3 Å². The number of hydrogen-bond acceptors (Lipinski definition) is 2. The molecule has 2 rings (SSSR count). The largest absolute Gasteiger partial charge is 0.329 e. The highest BCUT2D eigenvalue weighted by molar-refractivity contribution is 9.10. The molecule has 0 spiro atoms. The van der Waals surface area contributed by atoms with Crippen LogP contribution in [0.4, 0.5) is 5.69 Å². The van der Waals surface area contributed by atoms with Crippen molar-refractivity contribution in [1.82, 2.24) is 0 Å². The van der Waals surface area contributed by atoms with Crippen molar-refractivity contribution in [2.24, 2.45) is 0 Å². The van der Waals surface area contributed by atoms with E-state index in [-0.39, 0.29) is 0 Å². The van der Waals surface area contributed by atoms with Gasteiger partial charge in [-0.05, 0) is 35.7 Å². The molecule has 0 bridgehead atoms. The highest BCUT2D eigenvalue weighted by atomic mass is 79.9. The molecule has 0 radical (unpaired) electrons. The van der Waals surface area contributed by atoms with Gasteiger partial charge in [-0.15, -0.1) is 0 Å². The smallest absolute Gasteiger partial charge is 0.0482 e. The van der Waals surface area contributed by atoms with Gasteiger partial charge in [0.05, 0.1) is 0 Å². The second-order valence-corrected chi connectivity index (χ2v) is 3.89. The van der Waals surface area contributed by atoms with E-state index in [9.17, 15) is 0 Å². The molecule has 1 nitrogen and oxygen atoms in total. The zero-order valence-electron chi connectivity index (χ0n) is 5.23. The Morgan fingerprint density at radius 2 is 2.40 bits per heavy atom. The van der Waals surface area contributed by atoms with Crippen molar-refractivity contribution < 1.29 is 0 Å². The van der Waals surface area contributed by atoms with Crippen LogP contribution in [0.25, 0.3) is 0 Å². The summed E-state index contributed by atoms with van der Waals surface area (Å²) in [5.41, 5.74) is 2.65. The van der Waals surface area contributed by atoms with Crippen LogP contribution in [-0.2, 0) is 5.75 Å². The molecule has 0 atom stereocenters. The van der Waals surface area contributed by atoms with Crippen LogP contribution in [0.1, 0.15) is 5.56 Å². The van der Waals surface area contributed by atoms with Crippen molar-refractivity contribution in [3.63, 3.8) is 0 Å². The minimum atomic E-state index is 1.08. The molecule has 3 heteroatoms. The van der Waals surface area contributed by atoms with Gasteiger partial charge < -0.3 is 4.72 Å². The minimum Gasteiger partial charge on any atom is -0.329 e. The Bertz CT molecular complexity index is 262. The lowest BCUT2D eigenvalue weighted by atomic mass is 10.2. The van der Waals surface area contributed by atoms with Crippen molar-refractivity contribution in [3.05, 3.63) is 28.2 Å². The van der Waals surface area contributed by atoms with Crippen LogP contribution in [0, 0.1) is 0 Å². The Balaban J connectivity index is 2.52. The van der Waals surface area contributed by atoms with Crippen LogP contribution in [0.3, 0.4) is 0 Å². The lowest BCUT2D eigenvalue weighted by Crippen LogP contribution is -1.78. The number of benzene rings is 1. The molecule has 1 aromatic carbocycles. The summed E-state index contributed by atoms with van der Waals surface area (Å²) in [5, 5.41) is 0. The Hall–Kier alpha value is -0.150. The molecule has 1 aromatic rings. The number of fused-ring (bicyclic) bond motifs is 1. The maximum atomic E-state index is 3.43. The standard InChI is InChI=1S/C7H6BrNS/c8-6-1-2-7-5(3-6)4-10-9-7/h1-3,9H,4H2. The highest BCUT2D eigenvalue weighted by Crippen LogP contribution is 2.32. The van der Waals surface area contributed by atoms with Gasteiger partial charge in [0.1, 0.15) is 0 Å². The minimum absolute atomic E-state index is 1.08. The fourth-order valence-electron chi connectivity index (χ4n) is 0.973. The summed E-state index contributed by atoms with van der Waals surface area (Å²) in [6.45, 7) is 0. The molecule has 1 heterocycles. The first-order valence-corrected chi connectivity index (χ1v) is 4.80. The number of anilines is 1. The molecule has 0 saturated heterocycles. The summed E-state index contributed by atoms with van der Waals surface area (Å²) >= 11 is 5.17. The maximum Gasteiger partial charge on any atom is 0.0482 e. The van der Waals surface area contributed by atoms with E-state index in [0.29, 0.717) is 0 Å². The first-order chi connectivity index (χ1) is 4.86. The van der Waals surface area contributed by atoms with Gasteiger partial charge in [0.2, 0.25) is 0 Å². The summed E-state index contributed by atoms with van der Waals surface area (Å²) in [5.74, 6) is 1.08. The van der Waals surface area contributed by atoms with Crippen LogP contribution in [0.15, 0.2) is 22.7 Å². The molecule has 0 unspecified atom stereocenters. The van der Waals surface area contributed by atoms with Crippen molar-refractivity contribution in [1.29, 1.82) is 0 Å². The summed E-state index contributed by atoms with van der Waals surface area (Å²) < 4.78 is 4.39. The normalized spacial score (nSPS) is 14.5. The zero-order chi connectivity index (χ0) is 6.97. The summed E-state index contributed by atoms with van der Waals surface area (Å²) in [7, 11) is 0. The SMILES string of the molecule is Brc1ccc2c(c1)CSN2. The van der Waals surface area contributed by atoms with E-state index in [1.807, 2.05) is 0 Å². The van der Waals surface area contributed by atoms with E-state index in [2.05, 4.69) is 38.9 Å². The molecular weight excluding hydrogens is 210 g/mol. The monoisotopic (exact) mass is 215 g/mol. The lowest BCUT2D eigenvalue weighted by molar-refractivity contribution is 1.45. The number of hydrogen-bond donors (Lipinski definition) is 1. The van der Waals surface area contributed by atoms with E-state index >= 15 is 0 Å². The van der Waals surface area contributed by atoms with E-state index in [4.69, 9.17) is 0 Å². The molecule has 0 amide bonds. The van der Waals surface area contributed by atoms with Crippen molar-refractivity contribution in [2.75, 3.05) is 4.72 Å². The fraction of sp³-hybridized carbons (Fsp3) is 0.143. The van der Waals surface area contributed by atoms with Crippen LogP contribution in [0.2, 0.25) is 0 Å². The molecule has 0 saturated carbocycles. The Labute approximate surface area is 72.5 Å². The molecule has 1 N–H and O–H groups in total. The Morgan fingerprint density at radius 1 is 1.50 bits per heavy atom. The van der Waals surface area contributed by atoms with Gasteiger partial charge in [0.25, 0.3) is 0 Å². The Kier molecular flexibility index (Phi) is 1.62. The lowest BCUT2D eigenvalue weighted by Gasteiger charge is -1.96. The zero-order valence-corrected chi connectivity index (χ0v) is 7.63. The molecule has 1 aliphatic heterocycles. The molecular formula is C7H6BrNS. The average Bonchev–Trinajstić information content (AvgIpc) is 2.33. The number of rotatable bonds is 0. The third kappa shape index (κ3) is 1.04. The van der Waals surface area contributed by atoms with Gasteiger partial charge in [-0.3, -0.25) is 0 Å². The molecule has 0 fully saturated rings.